The normalized spacial score (nSPS) is 11.8. The zero-order valence-corrected chi connectivity index (χ0v) is 16.1. The van der Waals surface area contributed by atoms with Gasteiger partial charge in [-0.05, 0) is 38.5 Å². The van der Waals surface area contributed by atoms with Crippen LogP contribution in [0.3, 0.4) is 0 Å². The standard InChI is InChI=1S/C21H23N3O4/c1-4-27-21(26)19(22-20(25)17-11-8-12-28-17)18-14(2)23-24(15(18)3)13-16-9-6-5-7-10-16/h5-12,19H,4,13H2,1-3H3,(H,22,25). The van der Waals surface area contributed by atoms with E-state index < -0.39 is 17.9 Å². The van der Waals surface area contributed by atoms with Gasteiger partial charge < -0.3 is 14.5 Å². The fraction of sp³-hybridized carbons (Fsp3) is 0.286. The molecule has 0 radical (unpaired) electrons. The van der Waals surface area contributed by atoms with Crippen molar-refractivity contribution >= 4 is 11.9 Å². The third-order valence-electron chi connectivity index (χ3n) is 4.44. The van der Waals surface area contributed by atoms with Gasteiger partial charge in [0.15, 0.2) is 11.8 Å². The number of rotatable bonds is 7. The average Bonchev–Trinajstić information content (AvgIpc) is 3.30. The number of hydrogen-bond donors (Lipinski definition) is 1. The van der Waals surface area contributed by atoms with Crippen molar-refractivity contribution in [1.29, 1.82) is 0 Å². The van der Waals surface area contributed by atoms with Crippen LogP contribution in [0.15, 0.2) is 53.1 Å². The van der Waals surface area contributed by atoms with Gasteiger partial charge in [0.1, 0.15) is 0 Å². The van der Waals surface area contributed by atoms with Crippen LogP contribution in [-0.4, -0.2) is 28.3 Å². The first-order valence-electron chi connectivity index (χ1n) is 9.10. The molecule has 28 heavy (non-hydrogen) atoms. The molecular weight excluding hydrogens is 358 g/mol. The molecule has 1 N–H and O–H groups in total. The lowest BCUT2D eigenvalue weighted by Crippen LogP contribution is -2.35. The van der Waals surface area contributed by atoms with Gasteiger partial charge in [-0.15, -0.1) is 0 Å². The van der Waals surface area contributed by atoms with Crippen molar-refractivity contribution in [3.05, 3.63) is 77.0 Å². The second kappa shape index (κ2) is 8.56. The first-order chi connectivity index (χ1) is 13.5. The number of aromatic nitrogens is 2. The molecule has 0 fully saturated rings. The second-order valence-electron chi connectivity index (χ2n) is 6.36. The van der Waals surface area contributed by atoms with E-state index in [2.05, 4.69) is 10.4 Å². The van der Waals surface area contributed by atoms with Gasteiger partial charge in [-0.3, -0.25) is 9.48 Å². The van der Waals surface area contributed by atoms with Crippen molar-refractivity contribution in [2.24, 2.45) is 0 Å². The molecule has 0 saturated carbocycles. The number of carbonyl (C=O) groups excluding carboxylic acids is 2. The number of hydrogen-bond acceptors (Lipinski definition) is 5. The Kier molecular flexibility index (Phi) is 5.93. The minimum absolute atomic E-state index is 0.126. The van der Waals surface area contributed by atoms with Crippen LogP contribution in [0.5, 0.6) is 0 Å². The van der Waals surface area contributed by atoms with Crippen LogP contribution in [0.2, 0.25) is 0 Å². The Hall–Kier alpha value is -3.35. The lowest BCUT2D eigenvalue weighted by molar-refractivity contribution is -0.145. The Bertz CT molecular complexity index is 946. The lowest BCUT2D eigenvalue weighted by atomic mass is 10.0. The van der Waals surface area contributed by atoms with Gasteiger partial charge in [0.25, 0.3) is 5.91 Å². The summed E-state index contributed by atoms with van der Waals surface area (Å²) in [5.41, 5.74) is 3.17. The summed E-state index contributed by atoms with van der Waals surface area (Å²) in [4.78, 5) is 25.1. The quantitative estimate of drug-likeness (QED) is 0.635. The third-order valence-corrected chi connectivity index (χ3v) is 4.44. The van der Waals surface area contributed by atoms with Gasteiger partial charge in [0, 0.05) is 11.3 Å². The Labute approximate surface area is 163 Å². The van der Waals surface area contributed by atoms with Gasteiger partial charge in [0.2, 0.25) is 0 Å². The fourth-order valence-electron chi connectivity index (χ4n) is 3.12. The van der Waals surface area contributed by atoms with E-state index in [0.29, 0.717) is 17.8 Å². The van der Waals surface area contributed by atoms with E-state index in [1.807, 2.05) is 48.9 Å². The molecule has 0 saturated heterocycles. The maximum Gasteiger partial charge on any atom is 0.333 e. The van der Waals surface area contributed by atoms with E-state index >= 15 is 0 Å². The molecular formula is C21H23N3O4. The highest BCUT2D eigenvalue weighted by Crippen LogP contribution is 2.24. The van der Waals surface area contributed by atoms with Crippen molar-refractivity contribution in [3.63, 3.8) is 0 Å². The summed E-state index contributed by atoms with van der Waals surface area (Å²) in [6.07, 6.45) is 1.41. The van der Waals surface area contributed by atoms with Gasteiger partial charge in [-0.25, -0.2) is 4.79 Å². The van der Waals surface area contributed by atoms with Gasteiger partial charge in [-0.2, -0.15) is 5.10 Å². The number of nitrogens with zero attached hydrogens (tertiary/aromatic N) is 2. The van der Waals surface area contributed by atoms with Crippen LogP contribution >= 0.6 is 0 Å². The van der Waals surface area contributed by atoms with E-state index in [0.717, 1.165) is 11.3 Å². The van der Waals surface area contributed by atoms with E-state index in [-0.39, 0.29) is 12.4 Å². The smallest absolute Gasteiger partial charge is 0.333 e. The predicted octanol–water partition coefficient (Wildman–Crippen LogP) is 3.18. The Balaban J connectivity index is 1.93. The molecule has 1 amide bonds. The molecule has 2 aromatic heterocycles. The lowest BCUT2D eigenvalue weighted by Gasteiger charge is -2.17. The summed E-state index contributed by atoms with van der Waals surface area (Å²) in [7, 11) is 0. The number of ether oxygens (including phenoxy) is 1. The predicted molar refractivity (Wildman–Crippen MR) is 103 cm³/mol. The van der Waals surface area contributed by atoms with Crippen molar-refractivity contribution in [3.8, 4) is 0 Å². The van der Waals surface area contributed by atoms with Crippen LogP contribution in [0.4, 0.5) is 0 Å². The molecule has 146 valence electrons. The number of benzene rings is 1. The molecule has 1 unspecified atom stereocenters. The van der Waals surface area contributed by atoms with Crippen molar-refractivity contribution in [1.82, 2.24) is 15.1 Å². The van der Waals surface area contributed by atoms with Crippen LogP contribution < -0.4 is 5.32 Å². The maximum atomic E-state index is 12.6. The van der Waals surface area contributed by atoms with Crippen LogP contribution in [0.1, 0.15) is 46.0 Å². The summed E-state index contributed by atoms with van der Waals surface area (Å²) in [6.45, 7) is 6.19. The summed E-state index contributed by atoms with van der Waals surface area (Å²) in [6, 6.07) is 12.1. The Morgan fingerprint density at radius 3 is 2.57 bits per heavy atom. The van der Waals surface area contributed by atoms with Gasteiger partial charge in [0.05, 0.1) is 25.1 Å². The zero-order chi connectivity index (χ0) is 20.1. The highest BCUT2D eigenvalue weighted by molar-refractivity contribution is 5.95. The van der Waals surface area contributed by atoms with Crippen molar-refractivity contribution in [2.75, 3.05) is 6.61 Å². The maximum absolute atomic E-state index is 12.6. The van der Waals surface area contributed by atoms with E-state index in [9.17, 15) is 9.59 Å². The Morgan fingerprint density at radius 1 is 1.18 bits per heavy atom. The van der Waals surface area contributed by atoms with Crippen molar-refractivity contribution in [2.45, 2.75) is 33.4 Å². The van der Waals surface area contributed by atoms with E-state index in [4.69, 9.17) is 9.15 Å². The number of carbonyl (C=O) groups is 2. The summed E-state index contributed by atoms with van der Waals surface area (Å²) < 4.78 is 12.1. The summed E-state index contributed by atoms with van der Waals surface area (Å²) >= 11 is 0. The Morgan fingerprint density at radius 2 is 1.93 bits per heavy atom. The number of nitrogens with one attached hydrogen (secondary N) is 1. The molecule has 2 heterocycles. The molecule has 1 atom stereocenters. The molecule has 0 aliphatic heterocycles. The van der Waals surface area contributed by atoms with Crippen LogP contribution in [0, 0.1) is 13.8 Å². The molecule has 3 rings (SSSR count). The van der Waals surface area contributed by atoms with Gasteiger partial charge in [-0.1, -0.05) is 30.3 Å². The first-order valence-corrected chi connectivity index (χ1v) is 9.10. The largest absolute Gasteiger partial charge is 0.464 e. The fourth-order valence-corrected chi connectivity index (χ4v) is 3.12. The van der Waals surface area contributed by atoms with Crippen molar-refractivity contribution < 1.29 is 18.7 Å². The molecule has 0 aliphatic rings. The molecule has 7 nitrogen and oxygen atoms in total. The molecule has 0 spiro atoms. The number of furan rings is 1. The van der Waals surface area contributed by atoms with E-state index in [1.54, 1.807) is 13.0 Å². The minimum atomic E-state index is -0.970. The molecule has 0 bridgehead atoms. The number of aryl methyl sites for hydroxylation is 1. The van der Waals surface area contributed by atoms with E-state index in [1.165, 1.54) is 12.3 Å². The SMILES string of the molecule is CCOC(=O)C(NC(=O)c1ccco1)c1c(C)nn(Cc2ccccc2)c1C. The molecule has 3 aromatic rings. The summed E-state index contributed by atoms with van der Waals surface area (Å²) in [5, 5.41) is 7.29. The number of esters is 1. The molecule has 0 aliphatic carbocycles. The summed E-state index contributed by atoms with van der Waals surface area (Å²) in [5.74, 6) is -0.896. The van der Waals surface area contributed by atoms with Crippen LogP contribution in [-0.2, 0) is 16.1 Å². The monoisotopic (exact) mass is 381 g/mol. The number of amides is 1. The van der Waals surface area contributed by atoms with Crippen LogP contribution in [0.25, 0.3) is 0 Å². The zero-order valence-electron chi connectivity index (χ0n) is 16.1. The highest BCUT2D eigenvalue weighted by atomic mass is 16.5. The first kappa shape index (κ1) is 19.4. The minimum Gasteiger partial charge on any atom is -0.464 e. The second-order valence-corrected chi connectivity index (χ2v) is 6.36. The average molecular weight is 381 g/mol. The molecule has 1 aromatic carbocycles. The highest BCUT2D eigenvalue weighted by Gasteiger charge is 2.31. The van der Waals surface area contributed by atoms with Gasteiger partial charge >= 0.3 is 5.97 Å². The topological polar surface area (TPSA) is 86.4 Å². The molecule has 7 heteroatoms. The third kappa shape index (κ3) is 4.14.